The number of hydrogen-bond donors (Lipinski definition) is 2. The van der Waals surface area contributed by atoms with E-state index in [1.54, 1.807) is 45.9 Å². The zero-order valence-corrected chi connectivity index (χ0v) is 22.2. The molecule has 2 aliphatic heterocycles. The predicted molar refractivity (Wildman–Crippen MR) is 134 cm³/mol. The number of carbonyl (C=O) groups is 3. The van der Waals surface area contributed by atoms with E-state index in [1.807, 2.05) is 0 Å². The molecule has 2 N–H and O–H groups in total. The monoisotopic (exact) mass is 533 g/mol. The van der Waals surface area contributed by atoms with E-state index >= 15 is 0 Å². The second-order valence-corrected chi connectivity index (χ2v) is 11.0. The molecule has 10 nitrogen and oxygen atoms in total. The van der Waals surface area contributed by atoms with Gasteiger partial charge < -0.3 is 19.3 Å². The Morgan fingerprint density at radius 2 is 2.03 bits per heavy atom. The summed E-state index contributed by atoms with van der Waals surface area (Å²) in [6, 6.07) is 3.85. The Morgan fingerprint density at radius 3 is 2.63 bits per heavy atom. The lowest BCUT2D eigenvalue weighted by atomic mass is 10.1. The van der Waals surface area contributed by atoms with Crippen LogP contribution in [0.15, 0.2) is 30.9 Å². The van der Waals surface area contributed by atoms with Crippen LogP contribution >= 0.6 is 0 Å². The summed E-state index contributed by atoms with van der Waals surface area (Å²) in [6.45, 7) is 11.1. The number of fused-ring (bicyclic) bond motifs is 1. The largest absolute Gasteiger partial charge is 0.465 e. The van der Waals surface area contributed by atoms with Gasteiger partial charge in [0.05, 0.1) is 25.7 Å². The van der Waals surface area contributed by atoms with Gasteiger partial charge in [0.1, 0.15) is 29.3 Å². The van der Waals surface area contributed by atoms with Crippen molar-refractivity contribution in [3.63, 3.8) is 0 Å². The van der Waals surface area contributed by atoms with E-state index in [2.05, 4.69) is 11.9 Å². The highest BCUT2D eigenvalue weighted by atomic mass is 19.1. The molecule has 1 aliphatic carbocycles. The molecule has 2 fully saturated rings. The highest BCUT2D eigenvalue weighted by molar-refractivity contribution is 5.86. The van der Waals surface area contributed by atoms with Gasteiger partial charge in [-0.1, -0.05) is 18.2 Å². The summed E-state index contributed by atoms with van der Waals surface area (Å²) in [5.74, 6) is -1.12. The van der Waals surface area contributed by atoms with Crippen LogP contribution in [0, 0.1) is 11.7 Å². The summed E-state index contributed by atoms with van der Waals surface area (Å²) < 4.78 is 30.6. The first kappa shape index (κ1) is 27.8. The van der Waals surface area contributed by atoms with Gasteiger partial charge in [0.25, 0.3) is 0 Å². The molecule has 1 aromatic rings. The number of nitrogens with zero attached hydrogens (tertiary/aromatic N) is 2. The van der Waals surface area contributed by atoms with E-state index in [-0.39, 0.29) is 44.4 Å². The third kappa shape index (κ3) is 5.63. The van der Waals surface area contributed by atoms with Crippen molar-refractivity contribution < 1.29 is 38.1 Å². The van der Waals surface area contributed by atoms with Gasteiger partial charge in [-0.3, -0.25) is 19.9 Å². The number of aliphatic hydroxyl groups excluding tert-OH is 1. The smallest absolute Gasteiger partial charge is 0.410 e. The Bertz CT molecular complexity index is 1110. The van der Waals surface area contributed by atoms with Crippen LogP contribution < -0.4 is 5.32 Å². The van der Waals surface area contributed by atoms with Gasteiger partial charge in [0.2, 0.25) is 0 Å². The quantitative estimate of drug-likeness (QED) is 0.238. The minimum Gasteiger partial charge on any atom is -0.465 e. The molecular weight excluding hydrogens is 497 g/mol. The van der Waals surface area contributed by atoms with Gasteiger partial charge in [0.15, 0.2) is 0 Å². The van der Waals surface area contributed by atoms with Gasteiger partial charge in [0, 0.05) is 24.4 Å². The molecule has 0 radical (unpaired) electrons. The number of ether oxygens (including phenoxy) is 3. The van der Waals surface area contributed by atoms with Crippen LogP contribution in [-0.2, 0) is 32.1 Å². The molecule has 0 spiro atoms. The summed E-state index contributed by atoms with van der Waals surface area (Å²) >= 11 is 0. The van der Waals surface area contributed by atoms with Crippen LogP contribution in [0.4, 0.5) is 14.0 Å². The Labute approximate surface area is 221 Å². The lowest BCUT2D eigenvalue weighted by Crippen LogP contribution is -2.56. The van der Waals surface area contributed by atoms with Gasteiger partial charge in [-0.25, -0.2) is 14.0 Å². The van der Waals surface area contributed by atoms with Crippen molar-refractivity contribution in [1.29, 1.82) is 0 Å². The third-order valence-electron chi connectivity index (χ3n) is 7.09. The second kappa shape index (κ2) is 10.5. The number of amides is 2. The highest BCUT2D eigenvalue weighted by Gasteiger charge is 2.61. The molecule has 208 valence electrons. The van der Waals surface area contributed by atoms with Crippen LogP contribution in [0.3, 0.4) is 0 Å². The number of esters is 1. The second-order valence-electron chi connectivity index (χ2n) is 11.0. The fourth-order valence-corrected chi connectivity index (χ4v) is 5.12. The van der Waals surface area contributed by atoms with E-state index in [0.29, 0.717) is 17.5 Å². The lowest BCUT2D eigenvalue weighted by Gasteiger charge is -2.32. The highest BCUT2D eigenvalue weighted by Crippen LogP contribution is 2.46. The number of nitrogens with one attached hydrogen (secondary N) is 1. The molecule has 1 saturated carbocycles. The molecule has 4 rings (SSSR count). The lowest BCUT2D eigenvalue weighted by molar-refractivity contribution is -0.149. The number of benzene rings is 1. The molecule has 11 heteroatoms. The molecule has 0 bridgehead atoms. The molecule has 3 aliphatic rings. The van der Waals surface area contributed by atoms with Crippen molar-refractivity contribution >= 4 is 18.2 Å². The van der Waals surface area contributed by atoms with Crippen molar-refractivity contribution in [3.05, 3.63) is 47.8 Å². The summed E-state index contributed by atoms with van der Waals surface area (Å²) in [7, 11) is 0. The average Bonchev–Trinajstić information content (AvgIpc) is 3.15. The Morgan fingerprint density at radius 1 is 1.29 bits per heavy atom. The molecule has 5 atom stereocenters. The Hall–Kier alpha value is -3.18. The number of likely N-dealkylation sites (tertiary alicyclic amines) is 1. The molecule has 1 saturated heterocycles. The van der Waals surface area contributed by atoms with E-state index < -0.39 is 47.7 Å². The normalized spacial score (nSPS) is 26.9. The zero-order chi connectivity index (χ0) is 27.8. The van der Waals surface area contributed by atoms with Gasteiger partial charge in [-0.2, -0.15) is 0 Å². The molecule has 0 aromatic heterocycles. The number of hydrogen-bond acceptors (Lipinski definition) is 8. The first-order valence-corrected chi connectivity index (χ1v) is 12.9. The third-order valence-corrected chi connectivity index (χ3v) is 7.09. The average molecular weight is 534 g/mol. The number of aliphatic hydroxyl groups is 1. The first-order chi connectivity index (χ1) is 17.9. The molecule has 1 unspecified atom stereocenters. The number of rotatable bonds is 7. The van der Waals surface area contributed by atoms with Gasteiger partial charge in [-0.15, -0.1) is 6.58 Å². The molecule has 2 amide bonds. The van der Waals surface area contributed by atoms with Crippen molar-refractivity contribution in [2.75, 3.05) is 13.2 Å². The van der Waals surface area contributed by atoms with Gasteiger partial charge >= 0.3 is 18.2 Å². The summed E-state index contributed by atoms with van der Waals surface area (Å²) in [5, 5.41) is 14.1. The maximum Gasteiger partial charge on any atom is 0.410 e. The maximum atomic E-state index is 14.1. The summed E-state index contributed by atoms with van der Waals surface area (Å²) in [5.41, 5.74) is -0.769. The van der Waals surface area contributed by atoms with E-state index in [1.165, 1.54) is 15.9 Å². The Kier molecular flexibility index (Phi) is 7.72. The Balaban J connectivity index is 1.47. The van der Waals surface area contributed by atoms with Crippen LogP contribution in [0.1, 0.15) is 51.7 Å². The number of halogens is 1. The van der Waals surface area contributed by atoms with Crippen molar-refractivity contribution in [2.24, 2.45) is 5.92 Å². The molecular formula is C27H36FN3O7. The fraction of sp³-hybridized carbons (Fsp3) is 0.593. The molecule has 38 heavy (non-hydrogen) atoms. The van der Waals surface area contributed by atoms with Crippen LogP contribution in [0.25, 0.3) is 0 Å². The van der Waals surface area contributed by atoms with Crippen LogP contribution in [0.2, 0.25) is 0 Å². The van der Waals surface area contributed by atoms with E-state index in [0.717, 1.165) is 0 Å². The van der Waals surface area contributed by atoms with Crippen molar-refractivity contribution in [2.45, 2.75) is 83.1 Å². The minimum atomic E-state index is -1.34. The van der Waals surface area contributed by atoms with Crippen molar-refractivity contribution in [3.8, 4) is 0 Å². The fourth-order valence-electron chi connectivity index (χ4n) is 5.12. The first-order valence-electron chi connectivity index (χ1n) is 12.9. The van der Waals surface area contributed by atoms with E-state index in [9.17, 15) is 23.9 Å². The summed E-state index contributed by atoms with van der Waals surface area (Å²) in [4.78, 5) is 41.4. The predicted octanol–water partition coefficient (Wildman–Crippen LogP) is 3.07. The van der Waals surface area contributed by atoms with Crippen molar-refractivity contribution in [1.82, 2.24) is 15.1 Å². The summed E-state index contributed by atoms with van der Waals surface area (Å²) in [6.07, 6.45) is -1.29. The van der Waals surface area contributed by atoms with E-state index in [4.69, 9.17) is 14.2 Å². The topological polar surface area (TPSA) is 118 Å². The van der Waals surface area contributed by atoms with Crippen LogP contribution in [0.5, 0.6) is 0 Å². The molecule has 1 aromatic carbocycles. The van der Waals surface area contributed by atoms with Gasteiger partial charge in [-0.05, 0) is 45.7 Å². The SMILES string of the molecule is C=C[C@@H]1C[C@]1(NC(O)[C@@H]1C[C@@H](OC(=O)N2Cc3cccc(F)c3C2)CN1C(=O)OC(C)(C)C)C(=O)OCC. The minimum absolute atomic E-state index is 0.0174. The maximum absolute atomic E-state index is 14.1. The zero-order valence-electron chi connectivity index (χ0n) is 22.2. The number of carbonyl (C=O) groups excluding carboxylic acids is 3. The standard InChI is InChI=1S/C27H36FN3O7/c1-6-17-12-27(17,23(33)36-7-2)29-22(32)21-11-18(14-31(21)25(35)38-26(3,4)5)37-24(34)30-13-16-9-8-10-20(28)19(16)15-30/h6,8-10,17-18,21-22,29,32H,1,7,11-15H2,2-5H3/t17-,18-,21+,22?,27-/m1/s1. The molecule has 2 heterocycles. The van der Waals surface area contributed by atoms with Crippen LogP contribution in [-0.4, -0.2) is 75.7 Å².